The van der Waals surface area contributed by atoms with Crippen molar-refractivity contribution in [1.82, 2.24) is 9.55 Å². The molecule has 0 saturated heterocycles. The van der Waals surface area contributed by atoms with E-state index in [1.165, 1.54) is 10.8 Å². The maximum Gasteiger partial charge on any atom is 0.347 e. The number of nitrogen functional groups attached to an aromatic ring is 1. The van der Waals surface area contributed by atoms with Crippen LogP contribution in [0.1, 0.15) is 11.1 Å². The van der Waals surface area contributed by atoms with Crippen LogP contribution in [0.25, 0.3) is 0 Å². The molecule has 0 unspecified atom stereocenters. The molecule has 98 valence electrons. The lowest BCUT2D eigenvalue weighted by molar-refractivity contribution is -0.0170. The van der Waals surface area contributed by atoms with E-state index < -0.39 is 0 Å². The number of hydrogen-bond acceptors (Lipinski definition) is 5. The van der Waals surface area contributed by atoms with Crippen LogP contribution in [-0.4, -0.2) is 16.3 Å². The highest BCUT2D eigenvalue weighted by atomic mass is 16.7. The van der Waals surface area contributed by atoms with Crippen LogP contribution in [0.3, 0.4) is 0 Å². The summed E-state index contributed by atoms with van der Waals surface area (Å²) in [6.45, 7) is 1.06. The van der Waals surface area contributed by atoms with Gasteiger partial charge in [-0.25, -0.2) is 9.78 Å². The van der Waals surface area contributed by atoms with Crippen molar-refractivity contribution in [2.75, 3.05) is 12.5 Å². The van der Waals surface area contributed by atoms with Crippen molar-refractivity contribution >= 4 is 5.69 Å². The largest absolute Gasteiger partial charge is 0.467 e. The Morgan fingerprint density at radius 1 is 1.42 bits per heavy atom. The molecule has 2 N–H and O–H groups in total. The van der Waals surface area contributed by atoms with Gasteiger partial charge in [0.2, 0.25) is 0 Å². The molecule has 2 aromatic rings. The summed E-state index contributed by atoms with van der Waals surface area (Å²) in [6.07, 6.45) is 3.15. The molecule has 3 rings (SSSR count). The summed E-state index contributed by atoms with van der Waals surface area (Å²) in [5, 5.41) is 0. The number of fused-ring (bicyclic) bond motifs is 1. The van der Waals surface area contributed by atoms with Crippen LogP contribution in [0.2, 0.25) is 0 Å². The molecular weight excluding hydrogens is 246 g/mol. The van der Waals surface area contributed by atoms with Crippen molar-refractivity contribution in [3.63, 3.8) is 0 Å². The van der Waals surface area contributed by atoms with Gasteiger partial charge in [-0.2, -0.15) is 0 Å². The monoisotopic (exact) mass is 259 g/mol. The van der Waals surface area contributed by atoms with Crippen molar-refractivity contribution < 1.29 is 9.47 Å². The number of aromatic nitrogens is 2. The molecule has 2 heterocycles. The van der Waals surface area contributed by atoms with Gasteiger partial charge in [0.1, 0.15) is 5.75 Å². The lowest BCUT2D eigenvalue weighted by Crippen LogP contribution is -2.23. The van der Waals surface area contributed by atoms with Gasteiger partial charge in [-0.1, -0.05) is 0 Å². The number of ether oxygens (including phenoxy) is 2. The van der Waals surface area contributed by atoms with E-state index in [1.807, 2.05) is 12.1 Å². The molecule has 1 aliphatic heterocycles. The molecule has 0 aliphatic carbocycles. The van der Waals surface area contributed by atoms with Crippen LogP contribution < -0.4 is 16.2 Å². The first kappa shape index (κ1) is 11.7. The number of nitrogens with zero attached hydrogens (tertiary/aromatic N) is 2. The van der Waals surface area contributed by atoms with Crippen molar-refractivity contribution in [2.24, 2.45) is 0 Å². The molecular formula is C13H13N3O3. The predicted octanol–water partition coefficient (Wildman–Crippen LogP) is 0.740. The maximum absolute atomic E-state index is 11.6. The Balaban J connectivity index is 2.03. The minimum Gasteiger partial charge on any atom is -0.467 e. The molecule has 1 aromatic heterocycles. The van der Waals surface area contributed by atoms with E-state index in [0.29, 0.717) is 18.8 Å². The molecule has 0 fully saturated rings. The molecule has 1 aliphatic rings. The van der Waals surface area contributed by atoms with Crippen LogP contribution >= 0.6 is 0 Å². The topological polar surface area (TPSA) is 79.4 Å². The van der Waals surface area contributed by atoms with Gasteiger partial charge in [0.05, 0.1) is 13.2 Å². The normalized spacial score (nSPS) is 13.7. The summed E-state index contributed by atoms with van der Waals surface area (Å²) in [4.78, 5) is 15.4. The van der Waals surface area contributed by atoms with Gasteiger partial charge in [-0.05, 0) is 18.2 Å². The Labute approximate surface area is 109 Å². The molecule has 0 bridgehead atoms. The second-order valence-corrected chi connectivity index (χ2v) is 4.31. The van der Waals surface area contributed by atoms with E-state index in [1.54, 1.807) is 12.3 Å². The van der Waals surface area contributed by atoms with Gasteiger partial charge in [0.15, 0.2) is 6.79 Å². The van der Waals surface area contributed by atoms with Crippen LogP contribution in [0.4, 0.5) is 5.69 Å². The highest BCUT2D eigenvalue weighted by Crippen LogP contribution is 2.31. The number of anilines is 1. The Morgan fingerprint density at radius 3 is 3.16 bits per heavy atom. The van der Waals surface area contributed by atoms with E-state index in [-0.39, 0.29) is 12.5 Å². The summed E-state index contributed by atoms with van der Waals surface area (Å²) >= 11 is 0. The lowest BCUT2D eigenvalue weighted by atomic mass is 10.1. The average molecular weight is 259 g/mol. The Bertz CT molecular complexity index is 666. The standard InChI is InChI=1S/C13H13N3O3/c14-11-4-9(6-16-3-1-2-15-13(16)17)12-10(5-11)7-18-8-19-12/h1-5H,6-8,14H2. The maximum atomic E-state index is 11.6. The third kappa shape index (κ3) is 2.30. The fourth-order valence-electron chi connectivity index (χ4n) is 2.13. The second-order valence-electron chi connectivity index (χ2n) is 4.31. The van der Waals surface area contributed by atoms with Crippen molar-refractivity contribution in [1.29, 1.82) is 0 Å². The van der Waals surface area contributed by atoms with Gasteiger partial charge < -0.3 is 15.2 Å². The smallest absolute Gasteiger partial charge is 0.347 e. The van der Waals surface area contributed by atoms with Gasteiger partial charge in [-0.3, -0.25) is 4.57 Å². The number of benzene rings is 1. The molecule has 6 nitrogen and oxygen atoms in total. The summed E-state index contributed by atoms with van der Waals surface area (Å²) in [6, 6.07) is 5.34. The minimum absolute atomic E-state index is 0.214. The third-order valence-corrected chi connectivity index (χ3v) is 2.93. The number of rotatable bonds is 2. The van der Waals surface area contributed by atoms with Gasteiger partial charge in [0.25, 0.3) is 0 Å². The van der Waals surface area contributed by atoms with Crippen molar-refractivity contribution in [2.45, 2.75) is 13.2 Å². The quantitative estimate of drug-likeness (QED) is 0.805. The van der Waals surface area contributed by atoms with Crippen molar-refractivity contribution in [3.05, 3.63) is 52.2 Å². The zero-order valence-electron chi connectivity index (χ0n) is 10.2. The van der Waals surface area contributed by atoms with Crippen LogP contribution in [0, 0.1) is 0 Å². The zero-order chi connectivity index (χ0) is 13.2. The molecule has 0 radical (unpaired) electrons. The summed E-state index contributed by atoms with van der Waals surface area (Å²) < 4.78 is 12.2. The molecule has 0 spiro atoms. The first-order chi connectivity index (χ1) is 9.24. The van der Waals surface area contributed by atoms with Crippen LogP contribution in [-0.2, 0) is 17.9 Å². The SMILES string of the molecule is Nc1cc2c(c(Cn3cccnc3=O)c1)OCOC2. The molecule has 0 atom stereocenters. The molecule has 1 aromatic carbocycles. The van der Waals surface area contributed by atoms with E-state index in [9.17, 15) is 4.79 Å². The highest BCUT2D eigenvalue weighted by molar-refractivity contribution is 5.53. The first-order valence-electron chi connectivity index (χ1n) is 5.87. The van der Waals surface area contributed by atoms with Crippen molar-refractivity contribution in [3.8, 4) is 5.75 Å². The summed E-state index contributed by atoms with van der Waals surface area (Å²) in [5.41, 5.74) is 7.94. The fraction of sp³-hybridized carbons (Fsp3) is 0.231. The Kier molecular flexibility index (Phi) is 2.92. The van der Waals surface area contributed by atoms with E-state index >= 15 is 0 Å². The number of hydrogen-bond donors (Lipinski definition) is 1. The number of nitrogens with two attached hydrogens (primary N) is 1. The van der Waals surface area contributed by atoms with Gasteiger partial charge >= 0.3 is 5.69 Å². The molecule has 19 heavy (non-hydrogen) atoms. The predicted molar refractivity (Wildman–Crippen MR) is 68.7 cm³/mol. The molecule has 6 heteroatoms. The lowest BCUT2D eigenvalue weighted by Gasteiger charge is -2.21. The average Bonchev–Trinajstić information content (AvgIpc) is 2.41. The van der Waals surface area contributed by atoms with E-state index in [0.717, 1.165) is 16.9 Å². The molecule has 0 saturated carbocycles. The third-order valence-electron chi connectivity index (χ3n) is 2.93. The second kappa shape index (κ2) is 4.74. The fourth-order valence-corrected chi connectivity index (χ4v) is 2.13. The minimum atomic E-state index is -0.300. The van der Waals surface area contributed by atoms with Crippen LogP contribution in [0.15, 0.2) is 35.4 Å². The Hall–Kier alpha value is -2.34. The van der Waals surface area contributed by atoms with Gasteiger partial charge in [0, 0.05) is 29.2 Å². The summed E-state index contributed by atoms with van der Waals surface area (Å²) in [7, 11) is 0. The summed E-state index contributed by atoms with van der Waals surface area (Å²) in [5.74, 6) is 0.746. The molecule has 0 amide bonds. The first-order valence-corrected chi connectivity index (χ1v) is 5.87. The van der Waals surface area contributed by atoms with E-state index in [4.69, 9.17) is 15.2 Å². The van der Waals surface area contributed by atoms with Crippen LogP contribution in [0.5, 0.6) is 5.75 Å². The zero-order valence-corrected chi connectivity index (χ0v) is 10.2. The van der Waals surface area contributed by atoms with Gasteiger partial charge in [-0.15, -0.1) is 0 Å². The van der Waals surface area contributed by atoms with E-state index in [2.05, 4.69) is 4.98 Å². The Morgan fingerprint density at radius 2 is 2.32 bits per heavy atom. The highest BCUT2D eigenvalue weighted by Gasteiger charge is 2.16.